The lowest BCUT2D eigenvalue weighted by atomic mass is 9.61. The number of nitrogens with zero attached hydrogens (tertiary/aromatic N) is 3. The Morgan fingerprint density at radius 2 is 1.96 bits per heavy atom. The molecule has 1 aliphatic carbocycles. The van der Waals surface area contributed by atoms with Gasteiger partial charge in [-0.3, -0.25) is 9.78 Å². The van der Waals surface area contributed by atoms with Gasteiger partial charge in [-0.2, -0.15) is 0 Å². The van der Waals surface area contributed by atoms with Crippen molar-refractivity contribution in [3.63, 3.8) is 0 Å². The molecule has 1 saturated carbocycles. The standard InChI is InChI=1S/C21H20N4OS/c26-20(18-12-27-19(24-18)15-5-4-8-22-11-15)25(16-6-2-1-3-7-16)17-9-21(10-17)13-23-14-21/h1-8,11-12,17,23H,9-10,13-14H2. The van der Waals surface area contributed by atoms with Crippen LogP contribution >= 0.6 is 11.3 Å². The Morgan fingerprint density at radius 1 is 1.15 bits per heavy atom. The Morgan fingerprint density at radius 3 is 2.63 bits per heavy atom. The molecule has 5 nitrogen and oxygen atoms in total. The highest BCUT2D eigenvalue weighted by Crippen LogP contribution is 2.47. The molecule has 1 N–H and O–H groups in total. The van der Waals surface area contributed by atoms with Gasteiger partial charge in [-0.25, -0.2) is 4.98 Å². The van der Waals surface area contributed by atoms with Gasteiger partial charge in [0.05, 0.1) is 0 Å². The fraction of sp³-hybridized carbons (Fsp3) is 0.286. The molecular weight excluding hydrogens is 356 g/mol. The molecule has 27 heavy (non-hydrogen) atoms. The number of carbonyl (C=O) groups is 1. The molecule has 1 spiro atoms. The number of amides is 1. The predicted octanol–water partition coefficient (Wildman–Crippen LogP) is 3.60. The Labute approximate surface area is 162 Å². The number of para-hydroxylation sites is 1. The highest BCUT2D eigenvalue weighted by Gasteiger charge is 2.51. The van der Waals surface area contributed by atoms with E-state index in [1.807, 2.05) is 52.7 Å². The average molecular weight is 376 g/mol. The first-order valence-corrected chi connectivity index (χ1v) is 10.1. The van der Waals surface area contributed by atoms with Crippen molar-refractivity contribution in [2.24, 2.45) is 5.41 Å². The number of anilines is 1. The number of benzene rings is 1. The number of nitrogens with one attached hydrogen (secondary N) is 1. The van der Waals surface area contributed by atoms with Crippen LogP contribution in [0.3, 0.4) is 0 Å². The number of thiazole rings is 1. The summed E-state index contributed by atoms with van der Waals surface area (Å²) in [4.78, 5) is 24.1. The van der Waals surface area contributed by atoms with Crippen molar-refractivity contribution in [1.29, 1.82) is 0 Å². The van der Waals surface area contributed by atoms with E-state index in [4.69, 9.17) is 0 Å². The summed E-state index contributed by atoms with van der Waals surface area (Å²) < 4.78 is 0. The zero-order valence-electron chi connectivity index (χ0n) is 14.8. The smallest absolute Gasteiger partial charge is 0.278 e. The topological polar surface area (TPSA) is 58.1 Å². The third-order valence-electron chi connectivity index (χ3n) is 5.59. The van der Waals surface area contributed by atoms with Crippen LogP contribution in [0.1, 0.15) is 23.3 Å². The summed E-state index contributed by atoms with van der Waals surface area (Å²) in [6, 6.07) is 14.1. The summed E-state index contributed by atoms with van der Waals surface area (Å²) in [7, 11) is 0. The van der Waals surface area contributed by atoms with Gasteiger partial charge in [0.2, 0.25) is 0 Å². The molecule has 3 aromatic rings. The maximum atomic E-state index is 13.4. The van der Waals surface area contributed by atoms with Gasteiger partial charge >= 0.3 is 0 Å². The monoisotopic (exact) mass is 376 g/mol. The zero-order valence-corrected chi connectivity index (χ0v) is 15.7. The van der Waals surface area contributed by atoms with Gasteiger partial charge < -0.3 is 10.2 Å². The maximum absolute atomic E-state index is 13.4. The van der Waals surface area contributed by atoms with E-state index in [0.29, 0.717) is 11.1 Å². The second-order valence-corrected chi connectivity index (χ2v) is 8.31. The highest BCUT2D eigenvalue weighted by atomic mass is 32.1. The molecule has 2 fully saturated rings. The Bertz CT molecular complexity index is 945. The Hall–Kier alpha value is -2.57. The first-order chi connectivity index (χ1) is 13.2. The molecule has 1 amide bonds. The van der Waals surface area contributed by atoms with Crippen molar-refractivity contribution in [2.45, 2.75) is 18.9 Å². The van der Waals surface area contributed by atoms with Crippen molar-refractivity contribution in [2.75, 3.05) is 18.0 Å². The van der Waals surface area contributed by atoms with E-state index < -0.39 is 0 Å². The molecule has 2 aliphatic rings. The van der Waals surface area contributed by atoms with Crippen LogP contribution in [-0.4, -0.2) is 35.0 Å². The van der Waals surface area contributed by atoms with Crippen LogP contribution in [0.4, 0.5) is 5.69 Å². The summed E-state index contributed by atoms with van der Waals surface area (Å²) in [6.45, 7) is 2.14. The number of pyridine rings is 1. The third kappa shape index (κ3) is 2.95. The quantitative estimate of drug-likeness (QED) is 0.756. The molecule has 5 rings (SSSR count). The molecule has 0 bridgehead atoms. The molecule has 2 aromatic heterocycles. The summed E-state index contributed by atoms with van der Waals surface area (Å²) in [5.74, 6) is -0.0141. The number of rotatable bonds is 4. The minimum atomic E-state index is -0.0141. The fourth-order valence-corrected chi connectivity index (χ4v) is 4.87. The first kappa shape index (κ1) is 16.6. The van der Waals surface area contributed by atoms with Crippen molar-refractivity contribution in [1.82, 2.24) is 15.3 Å². The SMILES string of the molecule is O=C(c1csc(-c2cccnc2)n1)N(c1ccccc1)C1CC2(CNC2)C1. The van der Waals surface area contributed by atoms with Gasteiger partial charge in [-0.1, -0.05) is 18.2 Å². The molecule has 3 heterocycles. The Balaban J connectivity index is 1.43. The van der Waals surface area contributed by atoms with E-state index >= 15 is 0 Å². The van der Waals surface area contributed by atoms with Gasteiger partial charge in [0.25, 0.3) is 5.91 Å². The lowest BCUT2D eigenvalue weighted by Crippen LogP contribution is -2.66. The first-order valence-electron chi connectivity index (χ1n) is 9.19. The number of aromatic nitrogens is 2. The lowest BCUT2D eigenvalue weighted by Gasteiger charge is -2.57. The van der Waals surface area contributed by atoms with Crippen molar-refractivity contribution in [3.8, 4) is 10.6 Å². The zero-order chi connectivity index (χ0) is 18.3. The summed E-state index contributed by atoms with van der Waals surface area (Å²) >= 11 is 1.49. The Kier molecular flexibility index (Phi) is 4.02. The molecule has 1 aliphatic heterocycles. The average Bonchev–Trinajstić information content (AvgIpc) is 3.14. The van der Waals surface area contributed by atoms with Gasteiger partial charge in [0.15, 0.2) is 0 Å². The number of hydrogen-bond donors (Lipinski definition) is 1. The molecular formula is C21H20N4OS. The molecule has 6 heteroatoms. The number of hydrogen-bond acceptors (Lipinski definition) is 5. The predicted molar refractivity (Wildman–Crippen MR) is 107 cm³/mol. The fourth-order valence-electron chi connectivity index (χ4n) is 4.09. The van der Waals surface area contributed by atoms with Gasteiger partial charge in [-0.15, -0.1) is 11.3 Å². The largest absolute Gasteiger partial charge is 0.316 e. The molecule has 0 unspecified atom stereocenters. The van der Waals surface area contributed by atoms with Gasteiger partial charge in [0, 0.05) is 48.2 Å². The van der Waals surface area contributed by atoms with Crippen LogP contribution < -0.4 is 10.2 Å². The molecule has 1 saturated heterocycles. The van der Waals surface area contributed by atoms with Crippen LogP contribution in [0, 0.1) is 5.41 Å². The summed E-state index contributed by atoms with van der Waals surface area (Å²) in [6.07, 6.45) is 5.63. The van der Waals surface area contributed by atoms with Crippen LogP contribution in [-0.2, 0) is 0 Å². The van der Waals surface area contributed by atoms with Gasteiger partial charge in [-0.05, 0) is 42.5 Å². The van der Waals surface area contributed by atoms with E-state index in [-0.39, 0.29) is 11.9 Å². The molecule has 0 radical (unpaired) electrons. The van der Waals surface area contributed by atoms with Crippen molar-refractivity contribution >= 4 is 22.9 Å². The second kappa shape index (κ2) is 6.55. The normalized spacial score (nSPS) is 17.9. The minimum absolute atomic E-state index is 0.0141. The minimum Gasteiger partial charge on any atom is -0.316 e. The van der Waals surface area contributed by atoms with Crippen molar-refractivity contribution in [3.05, 3.63) is 65.9 Å². The van der Waals surface area contributed by atoms with E-state index in [2.05, 4.69) is 15.3 Å². The summed E-state index contributed by atoms with van der Waals surface area (Å²) in [5.41, 5.74) is 2.80. The van der Waals surface area contributed by atoms with E-state index in [1.165, 1.54) is 11.3 Å². The van der Waals surface area contributed by atoms with Crippen LogP contribution in [0.25, 0.3) is 10.6 Å². The third-order valence-corrected chi connectivity index (χ3v) is 6.48. The van der Waals surface area contributed by atoms with E-state index in [1.54, 1.807) is 12.4 Å². The highest BCUT2D eigenvalue weighted by molar-refractivity contribution is 7.13. The van der Waals surface area contributed by atoms with Crippen LogP contribution in [0.15, 0.2) is 60.2 Å². The maximum Gasteiger partial charge on any atom is 0.278 e. The molecule has 1 aromatic carbocycles. The molecule has 0 atom stereocenters. The van der Waals surface area contributed by atoms with Crippen LogP contribution in [0.5, 0.6) is 0 Å². The number of carbonyl (C=O) groups excluding carboxylic acids is 1. The summed E-state index contributed by atoms with van der Waals surface area (Å²) in [5, 5.41) is 6.05. The second-order valence-electron chi connectivity index (χ2n) is 7.46. The van der Waals surface area contributed by atoms with Gasteiger partial charge in [0.1, 0.15) is 10.7 Å². The van der Waals surface area contributed by atoms with E-state index in [9.17, 15) is 4.79 Å². The lowest BCUT2D eigenvalue weighted by molar-refractivity contribution is 0.0341. The van der Waals surface area contributed by atoms with Crippen LogP contribution in [0.2, 0.25) is 0 Å². The molecule has 136 valence electrons. The van der Waals surface area contributed by atoms with E-state index in [0.717, 1.165) is 42.2 Å². The van der Waals surface area contributed by atoms with Crippen molar-refractivity contribution < 1.29 is 4.79 Å².